The first-order valence-electron chi connectivity index (χ1n) is 9.17. The minimum atomic E-state index is -1.21. The third-order valence-electron chi connectivity index (χ3n) is 3.80. The van der Waals surface area contributed by atoms with Crippen LogP contribution in [-0.4, -0.2) is 66.1 Å². The second-order valence-corrected chi connectivity index (χ2v) is 6.94. The molecule has 0 unspecified atom stereocenters. The van der Waals surface area contributed by atoms with E-state index >= 15 is 0 Å². The molecule has 0 saturated carbocycles. The molecule has 0 aliphatic heterocycles. The van der Waals surface area contributed by atoms with Gasteiger partial charge in [-0.25, -0.2) is 0 Å². The van der Waals surface area contributed by atoms with Crippen molar-refractivity contribution in [3.63, 3.8) is 0 Å². The fourth-order valence-electron chi connectivity index (χ4n) is 2.40. The summed E-state index contributed by atoms with van der Waals surface area (Å²) in [4.78, 5) is 69.8. The van der Waals surface area contributed by atoms with Crippen molar-refractivity contribution in [1.29, 1.82) is 0 Å². The van der Waals surface area contributed by atoms with Crippen LogP contribution in [0.1, 0.15) is 6.42 Å². The quantitative estimate of drug-likeness (QED) is 0.118. The maximum absolute atomic E-state index is 12.5. The van der Waals surface area contributed by atoms with E-state index in [1.807, 2.05) is 0 Å². The average molecular weight is 485 g/mol. The van der Waals surface area contributed by atoms with Crippen molar-refractivity contribution in [2.45, 2.75) is 18.5 Å². The van der Waals surface area contributed by atoms with Crippen LogP contribution in [-0.2, 0) is 28.8 Å². The number of carbonyl (C=O) groups excluding carboxylic acids is 6. The van der Waals surface area contributed by atoms with Crippen LogP contribution in [0.25, 0.3) is 0 Å². The van der Waals surface area contributed by atoms with Gasteiger partial charge in [-0.15, -0.1) is 0 Å². The van der Waals surface area contributed by atoms with Crippen molar-refractivity contribution >= 4 is 72.6 Å². The topological polar surface area (TPSA) is 189 Å². The zero-order chi connectivity index (χ0) is 24.1. The summed E-state index contributed by atoms with van der Waals surface area (Å²) in [5.41, 5.74) is 5.66. The number of nitrogens with one attached hydrogen (secondary N) is 5. The van der Waals surface area contributed by atoms with Crippen LogP contribution in [0.15, 0.2) is 24.3 Å². The minimum Gasteiger partial charge on any atom is -0.370 e. The van der Waals surface area contributed by atoms with E-state index in [0.717, 1.165) is 0 Å². The number of hydrogen-bond donors (Lipinski definition) is 8. The van der Waals surface area contributed by atoms with Crippen LogP contribution in [0.2, 0.25) is 0 Å². The second kappa shape index (κ2) is 13.9. The number of nitrogens with two attached hydrogens (primary N) is 1. The monoisotopic (exact) mass is 484 g/mol. The first kappa shape index (κ1) is 26.8. The Hall–Kier alpha value is -3.26. The SMILES string of the molecule is NC(=O)C[C@H](NC(=O)CS)C(=O)Nc1cccc(NC(=O)[C@H](CNC=O)NC(=O)CS)c1. The summed E-state index contributed by atoms with van der Waals surface area (Å²) < 4.78 is 0. The van der Waals surface area contributed by atoms with Gasteiger partial charge in [0, 0.05) is 17.9 Å². The molecule has 32 heavy (non-hydrogen) atoms. The highest BCUT2D eigenvalue weighted by Gasteiger charge is 2.23. The summed E-state index contributed by atoms with van der Waals surface area (Å²) in [5.74, 6) is -3.51. The summed E-state index contributed by atoms with van der Waals surface area (Å²) in [5, 5.41) is 12.2. The number of thiol groups is 2. The molecule has 14 heteroatoms. The van der Waals surface area contributed by atoms with E-state index in [2.05, 4.69) is 51.8 Å². The summed E-state index contributed by atoms with van der Waals surface area (Å²) in [6, 6.07) is 3.73. The normalized spacial score (nSPS) is 11.9. The predicted molar refractivity (Wildman–Crippen MR) is 123 cm³/mol. The third-order valence-corrected chi connectivity index (χ3v) is 4.37. The smallest absolute Gasteiger partial charge is 0.248 e. The molecule has 6 amide bonds. The molecule has 174 valence electrons. The maximum Gasteiger partial charge on any atom is 0.248 e. The Bertz CT molecular complexity index is 868. The lowest BCUT2D eigenvalue weighted by molar-refractivity contribution is -0.127. The van der Waals surface area contributed by atoms with Crippen LogP contribution in [0, 0.1) is 0 Å². The number of anilines is 2. The molecule has 2 atom stereocenters. The molecule has 0 saturated heterocycles. The molecule has 0 spiro atoms. The molecule has 0 radical (unpaired) electrons. The lowest BCUT2D eigenvalue weighted by atomic mass is 10.1. The molecule has 0 aliphatic rings. The van der Waals surface area contributed by atoms with Gasteiger partial charge in [0.2, 0.25) is 35.9 Å². The second-order valence-electron chi connectivity index (χ2n) is 6.31. The number of hydrogen-bond acceptors (Lipinski definition) is 8. The largest absolute Gasteiger partial charge is 0.370 e. The molecular formula is C18H24N6O6S2. The lowest BCUT2D eigenvalue weighted by Crippen LogP contribution is -2.49. The molecular weight excluding hydrogens is 460 g/mol. The molecule has 1 aromatic rings. The van der Waals surface area contributed by atoms with Crippen LogP contribution < -0.4 is 32.3 Å². The third kappa shape index (κ3) is 9.70. The molecule has 0 bridgehead atoms. The van der Waals surface area contributed by atoms with Gasteiger partial charge >= 0.3 is 0 Å². The zero-order valence-electron chi connectivity index (χ0n) is 16.8. The molecule has 7 N–H and O–H groups in total. The van der Waals surface area contributed by atoms with Gasteiger partial charge in [-0.2, -0.15) is 25.3 Å². The van der Waals surface area contributed by atoms with E-state index in [9.17, 15) is 28.8 Å². The van der Waals surface area contributed by atoms with Gasteiger partial charge in [-0.1, -0.05) is 6.07 Å². The molecule has 0 aromatic heterocycles. The summed E-state index contributed by atoms with van der Waals surface area (Å²) >= 11 is 7.63. The number of primary amides is 1. The van der Waals surface area contributed by atoms with Gasteiger partial charge in [0.25, 0.3) is 0 Å². The van der Waals surface area contributed by atoms with Gasteiger partial charge in [0.15, 0.2) is 0 Å². The molecule has 1 aromatic carbocycles. The Balaban J connectivity index is 2.90. The summed E-state index contributed by atoms with van der Waals surface area (Å²) in [7, 11) is 0. The van der Waals surface area contributed by atoms with E-state index in [1.54, 1.807) is 0 Å². The fourth-order valence-corrected chi connectivity index (χ4v) is 2.58. The van der Waals surface area contributed by atoms with Crippen molar-refractivity contribution in [3.8, 4) is 0 Å². The Morgan fingerprint density at radius 1 is 0.906 bits per heavy atom. The van der Waals surface area contributed by atoms with Crippen molar-refractivity contribution in [3.05, 3.63) is 24.3 Å². The fraction of sp³-hybridized carbons (Fsp3) is 0.333. The van der Waals surface area contributed by atoms with Crippen LogP contribution in [0.3, 0.4) is 0 Å². The Morgan fingerprint density at radius 2 is 1.41 bits per heavy atom. The van der Waals surface area contributed by atoms with E-state index in [1.165, 1.54) is 24.3 Å². The maximum atomic E-state index is 12.5. The Kier molecular flexibility index (Phi) is 11.7. The molecule has 1 rings (SSSR count). The van der Waals surface area contributed by atoms with Gasteiger partial charge < -0.3 is 32.3 Å². The number of amides is 6. The molecule has 0 heterocycles. The van der Waals surface area contributed by atoms with E-state index in [-0.39, 0.29) is 29.4 Å². The summed E-state index contributed by atoms with van der Waals surface area (Å²) in [6.07, 6.45) is -0.0314. The van der Waals surface area contributed by atoms with Gasteiger partial charge in [0.1, 0.15) is 12.1 Å². The van der Waals surface area contributed by atoms with Crippen molar-refractivity contribution in [2.24, 2.45) is 5.73 Å². The number of carbonyl (C=O) groups is 6. The lowest BCUT2D eigenvalue weighted by Gasteiger charge is -2.19. The summed E-state index contributed by atoms with van der Waals surface area (Å²) in [6.45, 7) is -0.148. The first-order chi connectivity index (χ1) is 15.2. The van der Waals surface area contributed by atoms with Crippen LogP contribution >= 0.6 is 25.3 Å². The highest BCUT2D eigenvalue weighted by molar-refractivity contribution is 7.81. The average Bonchev–Trinajstić information content (AvgIpc) is 2.75. The van der Waals surface area contributed by atoms with Gasteiger partial charge in [0.05, 0.1) is 17.9 Å². The van der Waals surface area contributed by atoms with E-state index < -0.39 is 48.0 Å². The number of rotatable bonds is 13. The minimum absolute atomic E-state index is 0.148. The first-order valence-corrected chi connectivity index (χ1v) is 10.4. The van der Waals surface area contributed by atoms with Crippen molar-refractivity contribution in [1.82, 2.24) is 16.0 Å². The standard InChI is InChI=1S/C18H24N6O6S2/c19-14(26)5-12(23-15(27)7-31)17(29)21-10-2-1-3-11(4-10)22-18(30)13(6-20-9-25)24-16(28)8-32/h1-4,9,12-13,31-32H,5-8H2,(H2,19,26)(H,20,25)(H,21,29)(H,22,30)(H,23,27)(H,24,28)/t12-,13-/m0/s1. The van der Waals surface area contributed by atoms with Gasteiger partial charge in [-0.3, -0.25) is 28.8 Å². The van der Waals surface area contributed by atoms with Gasteiger partial charge in [-0.05, 0) is 18.2 Å². The molecule has 0 aliphatic carbocycles. The highest BCUT2D eigenvalue weighted by Crippen LogP contribution is 2.16. The predicted octanol–water partition coefficient (Wildman–Crippen LogP) is -1.99. The van der Waals surface area contributed by atoms with Crippen molar-refractivity contribution in [2.75, 3.05) is 28.7 Å². The molecule has 12 nitrogen and oxygen atoms in total. The van der Waals surface area contributed by atoms with E-state index in [0.29, 0.717) is 6.41 Å². The van der Waals surface area contributed by atoms with Crippen LogP contribution in [0.4, 0.5) is 11.4 Å². The van der Waals surface area contributed by atoms with Crippen molar-refractivity contribution < 1.29 is 28.8 Å². The molecule has 0 fully saturated rings. The Morgan fingerprint density at radius 3 is 1.88 bits per heavy atom. The zero-order valence-corrected chi connectivity index (χ0v) is 18.6. The Labute approximate surface area is 194 Å². The van der Waals surface area contributed by atoms with Crippen LogP contribution in [0.5, 0.6) is 0 Å². The highest BCUT2D eigenvalue weighted by atomic mass is 32.1. The van der Waals surface area contributed by atoms with E-state index in [4.69, 9.17) is 5.73 Å². The number of benzene rings is 1.